The Morgan fingerprint density at radius 3 is 2.51 bits per heavy atom. The summed E-state index contributed by atoms with van der Waals surface area (Å²) in [4.78, 5) is 64.7. The molecular formula is C40H43N7O6. The normalized spacial score (nSPS) is 19.7. The molecule has 13 heteroatoms. The SMILES string of the molecule is O=C1CCC(N2C(=O)c3ccc(OCCCCCN4CCC(OC5CN(c6cccc(Nc7ccc8ncccc8n7)c6)C5)CC4)cc3C2=O)C(=O)N1. The Balaban J connectivity index is 0.704. The Labute approximate surface area is 307 Å². The molecule has 8 rings (SSSR count). The summed E-state index contributed by atoms with van der Waals surface area (Å²) < 4.78 is 12.4. The molecule has 4 aliphatic heterocycles. The zero-order valence-corrected chi connectivity index (χ0v) is 29.5. The van der Waals surface area contributed by atoms with Gasteiger partial charge in [0.25, 0.3) is 11.8 Å². The number of hydrogen-bond acceptors (Lipinski definition) is 11. The molecule has 2 aromatic heterocycles. The predicted octanol–water partition coefficient (Wildman–Crippen LogP) is 4.69. The van der Waals surface area contributed by atoms with Gasteiger partial charge in [-0.15, -0.1) is 0 Å². The summed E-state index contributed by atoms with van der Waals surface area (Å²) in [5, 5.41) is 5.64. The molecule has 4 amide bonds. The average molecular weight is 718 g/mol. The van der Waals surface area contributed by atoms with Crippen molar-refractivity contribution in [1.29, 1.82) is 0 Å². The zero-order chi connectivity index (χ0) is 36.3. The van der Waals surface area contributed by atoms with Crippen LogP contribution in [0.1, 0.15) is 65.7 Å². The first kappa shape index (κ1) is 34.7. The number of nitrogens with one attached hydrogen (secondary N) is 2. The molecule has 1 atom stereocenters. The number of carbonyl (C=O) groups is 4. The van der Waals surface area contributed by atoms with Gasteiger partial charge in [-0.25, -0.2) is 4.98 Å². The van der Waals surface area contributed by atoms with Crippen LogP contribution in [-0.2, 0) is 14.3 Å². The van der Waals surface area contributed by atoms with Crippen molar-refractivity contribution in [2.45, 2.75) is 63.2 Å². The first-order valence-electron chi connectivity index (χ1n) is 18.6. The smallest absolute Gasteiger partial charge is 0.262 e. The Bertz CT molecular complexity index is 2030. The summed E-state index contributed by atoms with van der Waals surface area (Å²) in [7, 11) is 0. The molecule has 274 valence electrons. The Morgan fingerprint density at radius 2 is 1.66 bits per heavy atom. The zero-order valence-electron chi connectivity index (χ0n) is 29.5. The third kappa shape index (κ3) is 7.72. The first-order valence-corrected chi connectivity index (χ1v) is 18.6. The summed E-state index contributed by atoms with van der Waals surface area (Å²) in [6, 6.07) is 20.1. The molecule has 0 aliphatic carbocycles. The average Bonchev–Trinajstić information content (AvgIpc) is 3.39. The fourth-order valence-corrected chi connectivity index (χ4v) is 7.58. The highest BCUT2D eigenvalue weighted by Crippen LogP contribution is 2.31. The molecule has 0 saturated carbocycles. The fraction of sp³-hybridized carbons (Fsp3) is 0.400. The molecule has 0 radical (unpaired) electrons. The summed E-state index contributed by atoms with van der Waals surface area (Å²) >= 11 is 0. The maximum Gasteiger partial charge on any atom is 0.262 e. The van der Waals surface area contributed by atoms with Crippen LogP contribution in [0.4, 0.5) is 17.2 Å². The number of hydrogen-bond donors (Lipinski definition) is 2. The molecule has 13 nitrogen and oxygen atoms in total. The number of anilines is 3. The van der Waals surface area contributed by atoms with Gasteiger partial charge in [0.15, 0.2) is 0 Å². The molecule has 0 spiro atoms. The number of carbonyl (C=O) groups excluding carboxylic acids is 4. The van der Waals surface area contributed by atoms with E-state index in [1.807, 2.05) is 24.3 Å². The number of fused-ring (bicyclic) bond motifs is 2. The lowest BCUT2D eigenvalue weighted by Crippen LogP contribution is -2.54. The summed E-state index contributed by atoms with van der Waals surface area (Å²) in [6.45, 7) is 5.43. The first-order chi connectivity index (χ1) is 25.9. The van der Waals surface area contributed by atoms with Gasteiger partial charge in [0.1, 0.15) is 17.6 Å². The quantitative estimate of drug-likeness (QED) is 0.147. The Kier molecular flexibility index (Phi) is 10.0. The molecule has 1 unspecified atom stereocenters. The van der Waals surface area contributed by atoms with Crippen LogP contribution in [0, 0.1) is 0 Å². The highest BCUT2D eigenvalue weighted by atomic mass is 16.5. The van der Waals surface area contributed by atoms with E-state index in [0.29, 0.717) is 18.5 Å². The summed E-state index contributed by atoms with van der Waals surface area (Å²) in [5.74, 6) is -0.748. The molecule has 3 fully saturated rings. The number of likely N-dealkylation sites (tertiary alicyclic amines) is 1. The summed E-state index contributed by atoms with van der Waals surface area (Å²) in [5.41, 5.74) is 4.40. The van der Waals surface area contributed by atoms with Gasteiger partial charge in [-0.2, -0.15) is 0 Å². The minimum Gasteiger partial charge on any atom is -0.494 e. The van der Waals surface area contributed by atoms with Crippen LogP contribution in [0.15, 0.2) is 72.9 Å². The number of piperidine rings is 2. The van der Waals surface area contributed by atoms with Gasteiger partial charge in [0.05, 0.1) is 41.0 Å². The maximum atomic E-state index is 13.1. The minimum absolute atomic E-state index is 0.0892. The van der Waals surface area contributed by atoms with Crippen molar-refractivity contribution in [3.8, 4) is 5.75 Å². The van der Waals surface area contributed by atoms with Gasteiger partial charge >= 0.3 is 0 Å². The van der Waals surface area contributed by atoms with E-state index in [9.17, 15) is 19.2 Å². The third-order valence-electron chi connectivity index (χ3n) is 10.5. The van der Waals surface area contributed by atoms with Gasteiger partial charge in [-0.3, -0.25) is 34.4 Å². The Morgan fingerprint density at radius 1 is 0.811 bits per heavy atom. The van der Waals surface area contributed by atoms with E-state index in [2.05, 4.69) is 54.7 Å². The van der Waals surface area contributed by atoms with Crippen LogP contribution in [-0.4, -0.2) is 101 Å². The number of rotatable bonds is 13. The second kappa shape index (κ2) is 15.3. The van der Waals surface area contributed by atoms with E-state index in [1.165, 1.54) is 5.69 Å². The molecule has 0 bridgehead atoms. The van der Waals surface area contributed by atoms with Crippen molar-refractivity contribution in [1.82, 2.24) is 25.1 Å². The topological polar surface area (TPSA) is 146 Å². The number of aromatic nitrogens is 2. The third-order valence-corrected chi connectivity index (χ3v) is 10.5. The summed E-state index contributed by atoms with van der Waals surface area (Å²) in [6.07, 6.45) is 7.63. The van der Waals surface area contributed by atoms with Crippen LogP contribution in [0.3, 0.4) is 0 Å². The predicted molar refractivity (Wildman–Crippen MR) is 198 cm³/mol. The second-order valence-corrected chi connectivity index (χ2v) is 14.2. The van der Waals surface area contributed by atoms with Crippen LogP contribution in [0.25, 0.3) is 11.0 Å². The minimum atomic E-state index is -0.978. The monoisotopic (exact) mass is 717 g/mol. The van der Waals surface area contributed by atoms with Crippen LogP contribution < -0.4 is 20.3 Å². The molecule has 3 saturated heterocycles. The van der Waals surface area contributed by atoms with E-state index >= 15 is 0 Å². The highest BCUT2D eigenvalue weighted by molar-refractivity contribution is 6.23. The van der Waals surface area contributed by atoms with Crippen molar-refractivity contribution < 1.29 is 28.7 Å². The maximum absolute atomic E-state index is 13.1. The van der Waals surface area contributed by atoms with Gasteiger partial charge in [-0.05, 0) is 106 Å². The van der Waals surface area contributed by atoms with Crippen molar-refractivity contribution in [3.63, 3.8) is 0 Å². The van der Waals surface area contributed by atoms with Gasteiger partial charge in [-0.1, -0.05) is 6.07 Å². The lowest BCUT2D eigenvalue weighted by molar-refractivity contribution is -0.136. The molecule has 4 aliphatic rings. The molecular weight excluding hydrogens is 674 g/mol. The van der Waals surface area contributed by atoms with Gasteiger partial charge in [0, 0.05) is 50.2 Å². The number of unbranched alkanes of at least 4 members (excludes halogenated alkanes) is 2. The van der Waals surface area contributed by atoms with Gasteiger partial charge in [0.2, 0.25) is 11.8 Å². The molecule has 4 aromatic rings. The van der Waals surface area contributed by atoms with Crippen molar-refractivity contribution in [2.75, 3.05) is 49.5 Å². The fourth-order valence-electron chi connectivity index (χ4n) is 7.58. The number of ether oxygens (including phenoxy) is 2. The van der Waals surface area contributed by atoms with Crippen LogP contribution >= 0.6 is 0 Å². The standard InChI is InChI=1S/C40H43N7O6/c48-37-14-12-35(38(49)44-37)47-39(50)31-10-9-29(23-32(31)40(47)51)52-21-3-1-2-18-45-19-15-28(16-20-45)53-30-24-46(25-30)27-7-4-6-26(22-27)42-36-13-11-33-34(43-36)8-5-17-41-33/h4-11,13,17,22-23,28,30,35H,1-3,12,14-16,18-21,24-25H2,(H,42,43)(H,44,48,49). The van der Waals surface area contributed by atoms with E-state index in [4.69, 9.17) is 9.47 Å². The van der Waals surface area contributed by atoms with Crippen LogP contribution in [0.5, 0.6) is 5.75 Å². The van der Waals surface area contributed by atoms with E-state index in [0.717, 1.165) is 92.3 Å². The van der Waals surface area contributed by atoms with E-state index in [1.54, 1.807) is 24.4 Å². The van der Waals surface area contributed by atoms with Crippen molar-refractivity contribution >= 4 is 51.9 Å². The lowest BCUT2D eigenvalue weighted by Gasteiger charge is -2.43. The number of amides is 4. The van der Waals surface area contributed by atoms with Gasteiger partial charge < -0.3 is 24.6 Å². The van der Waals surface area contributed by atoms with Crippen molar-refractivity contribution in [2.24, 2.45) is 0 Å². The molecule has 2 aromatic carbocycles. The molecule has 2 N–H and O–H groups in total. The highest BCUT2D eigenvalue weighted by Gasteiger charge is 2.44. The van der Waals surface area contributed by atoms with E-state index < -0.39 is 29.7 Å². The second-order valence-electron chi connectivity index (χ2n) is 14.2. The largest absolute Gasteiger partial charge is 0.494 e. The number of imide groups is 2. The Hall–Kier alpha value is -5.40. The van der Waals surface area contributed by atoms with Crippen LogP contribution in [0.2, 0.25) is 0 Å². The van der Waals surface area contributed by atoms with Crippen molar-refractivity contribution in [3.05, 3.63) is 84.1 Å². The number of pyridine rings is 2. The number of benzene rings is 2. The van der Waals surface area contributed by atoms with E-state index in [-0.39, 0.29) is 30.1 Å². The molecule has 53 heavy (non-hydrogen) atoms. The number of nitrogens with zero attached hydrogens (tertiary/aromatic N) is 5. The molecule has 6 heterocycles. The lowest BCUT2D eigenvalue weighted by atomic mass is 10.0.